The van der Waals surface area contributed by atoms with Crippen LogP contribution in [0, 0.1) is 5.82 Å². The van der Waals surface area contributed by atoms with E-state index >= 15 is 0 Å². The molecule has 0 saturated carbocycles. The first kappa shape index (κ1) is 17.1. The van der Waals surface area contributed by atoms with Gasteiger partial charge in [-0.3, -0.25) is 23.9 Å². The fourth-order valence-corrected chi connectivity index (χ4v) is 1.79. The quantitative estimate of drug-likeness (QED) is 0.694. The van der Waals surface area contributed by atoms with Crippen molar-refractivity contribution >= 4 is 11.9 Å². The van der Waals surface area contributed by atoms with Gasteiger partial charge in [0.2, 0.25) is 0 Å². The van der Waals surface area contributed by atoms with Crippen LogP contribution in [0.15, 0.2) is 46.1 Å². The Labute approximate surface area is 134 Å². The van der Waals surface area contributed by atoms with E-state index < -0.39 is 42.1 Å². The van der Waals surface area contributed by atoms with Crippen molar-refractivity contribution < 1.29 is 18.7 Å². The molecule has 0 atom stereocenters. The molecule has 0 aliphatic carbocycles. The van der Waals surface area contributed by atoms with Crippen molar-refractivity contribution in [2.45, 2.75) is 13.1 Å². The fraction of sp³-hybridized carbons (Fsp3) is 0.200. The van der Waals surface area contributed by atoms with Gasteiger partial charge in [0, 0.05) is 24.4 Å². The van der Waals surface area contributed by atoms with Crippen LogP contribution in [-0.2, 0) is 27.4 Å². The van der Waals surface area contributed by atoms with Gasteiger partial charge in [-0.2, -0.15) is 0 Å². The highest BCUT2D eigenvalue weighted by molar-refractivity contribution is 5.80. The Bertz CT molecular complexity index is 858. The zero-order valence-corrected chi connectivity index (χ0v) is 12.5. The summed E-state index contributed by atoms with van der Waals surface area (Å²) in [6.45, 7) is -1.05. The molecule has 0 bridgehead atoms. The van der Waals surface area contributed by atoms with Crippen molar-refractivity contribution in [1.29, 1.82) is 0 Å². The van der Waals surface area contributed by atoms with Crippen LogP contribution in [0.2, 0.25) is 0 Å². The van der Waals surface area contributed by atoms with Gasteiger partial charge < -0.3 is 10.1 Å². The number of hydrogen-bond acceptors (Lipinski definition) is 5. The second-order valence-electron chi connectivity index (χ2n) is 4.77. The average molecular weight is 335 g/mol. The summed E-state index contributed by atoms with van der Waals surface area (Å²) >= 11 is 0. The second kappa shape index (κ2) is 7.86. The van der Waals surface area contributed by atoms with Crippen molar-refractivity contribution in [1.82, 2.24) is 14.9 Å². The van der Waals surface area contributed by atoms with Crippen LogP contribution < -0.4 is 16.6 Å². The van der Waals surface area contributed by atoms with E-state index in [1.165, 1.54) is 18.2 Å². The molecule has 0 unspecified atom stereocenters. The van der Waals surface area contributed by atoms with Crippen molar-refractivity contribution in [3.8, 4) is 0 Å². The molecule has 1 aromatic carbocycles. The fourth-order valence-electron chi connectivity index (χ4n) is 1.79. The molecule has 2 rings (SSSR count). The Kier molecular flexibility index (Phi) is 5.61. The number of amides is 1. The average Bonchev–Trinajstić information content (AvgIpc) is 2.55. The molecule has 9 heteroatoms. The lowest BCUT2D eigenvalue weighted by Gasteiger charge is -2.08. The SMILES string of the molecule is O=C(COC(=O)Cn1ccc(=O)[nH]c1=O)NCc1ccccc1F. The molecule has 24 heavy (non-hydrogen) atoms. The Morgan fingerprint density at radius 3 is 2.67 bits per heavy atom. The molecule has 0 fully saturated rings. The molecule has 1 heterocycles. The predicted octanol–water partition coefficient (Wildman–Crippen LogP) is -0.465. The third-order valence-electron chi connectivity index (χ3n) is 2.99. The summed E-state index contributed by atoms with van der Waals surface area (Å²) in [6, 6.07) is 7.02. The molecule has 0 saturated heterocycles. The molecule has 2 N–H and O–H groups in total. The lowest BCUT2D eigenvalue weighted by molar-refractivity contribution is -0.149. The van der Waals surface area contributed by atoms with E-state index in [1.807, 2.05) is 4.98 Å². The lowest BCUT2D eigenvalue weighted by Crippen LogP contribution is -2.33. The van der Waals surface area contributed by atoms with Gasteiger partial charge in [-0.1, -0.05) is 18.2 Å². The maximum absolute atomic E-state index is 13.4. The minimum absolute atomic E-state index is 0.0392. The molecule has 2 aromatic rings. The van der Waals surface area contributed by atoms with E-state index in [0.717, 1.165) is 16.8 Å². The molecule has 1 amide bonds. The maximum atomic E-state index is 13.4. The van der Waals surface area contributed by atoms with E-state index in [2.05, 4.69) is 5.32 Å². The number of aromatic amines is 1. The number of carbonyl (C=O) groups is 2. The molecule has 0 aliphatic heterocycles. The van der Waals surface area contributed by atoms with Gasteiger partial charge in [0.25, 0.3) is 11.5 Å². The van der Waals surface area contributed by atoms with E-state index in [9.17, 15) is 23.6 Å². The van der Waals surface area contributed by atoms with Crippen LogP contribution >= 0.6 is 0 Å². The smallest absolute Gasteiger partial charge is 0.328 e. The second-order valence-corrected chi connectivity index (χ2v) is 4.77. The van der Waals surface area contributed by atoms with Crippen LogP contribution in [0.3, 0.4) is 0 Å². The maximum Gasteiger partial charge on any atom is 0.328 e. The number of benzene rings is 1. The van der Waals surface area contributed by atoms with Crippen LogP contribution in [0.1, 0.15) is 5.56 Å². The number of rotatable bonds is 6. The van der Waals surface area contributed by atoms with Crippen LogP contribution in [-0.4, -0.2) is 28.0 Å². The van der Waals surface area contributed by atoms with Gasteiger partial charge in [-0.25, -0.2) is 9.18 Å². The number of aromatic nitrogens is 2. The zero-order chi connectivity index (χ0) is 17.5. The molecule has 8 nitrogen and oxygen atoms in total. The third-order valence-corrected chi connectivity index (χ3v) is 2.99. The van der Waals surface area contributed by atoms with Crippen molar-refractivity contribution in [3.63, 3.8) is 0 Å². The molecular formula is C15H14FN3O5. The summed E-state index contributed by atoms with van der Waals surface area (Å²) in [4.78, 5) is 47.4. The highest BCUT2D eigenvalue weighted by Crippen LogP contribution is 2.05. The first-order valence-electron chi connectivity index (χ1n) is 6.91. The Balaban J connectivity index is 1.79. The third kappa shape index (κ3) is 4.90. The summed E-state index contributed by atoms with van der Waals surface area (Å²) in [6.07, 6.45) is 1.14. The normalized spacial score (nSPS) is 10.2. The Morgan fingerprint density at radius 1 is 1.21 bits per heavy atom. The van der Waals surface area contributed by atoms with Gasteiger partial charge in [0.1, 0.15) is 12.4 Å². The monoisotopic (exact) mass is 335 g/mol. The summed E-state index contributed by atoms with van der Waals surface area (Å²) in [7, 11) is 0. The minimum atomic E-state index is -0.829. The Morgan fingerprint density at radius 2 is 1.96 bits per heavy atom. The number of ether oxygens (including phenoxy) is 1. The number of halogens is 1. The van der Waals surface area contributed by atoms with Gasteiger partial charge in [0.15, 0.2) is 6.61 Å². The summed E-state index contributed by atoms with van der Waals surface area (Å²) in [5, 5.41) is 2.41. The number of esters is 1. The van der Waals surface area contributed by atoms with Crippen LogP contribution in [0.25, 0.3) is 0 Å². The first-order chi connectivity index (χ1) is 11.5. The highest BCUT2D eigenvalue weighted by Gasteiger charge is 2.10. The van der Waals surface area contributed by atoms with Gasteiger partial charge in [-0.05, 0) is 6.07 Å². The molecule has 126 valence electrons. The Hall–Kier alpha value is -3.23. The predicted molar refractivity (Wildman–Crippen MR) is 80.5 cm³/mol. The molecule has 0 aliphatic rings. The minimum Gasteiger partial charge on any atom is -0.454 e. The van der Waals surface area contributed by atoms with Crippen LogP contribution in [0.5, 0.6) is 0 Å². The van der Waals surface area contributed by atoms with Crippen LogP contribution in [0.4, 0.5) is 4.39 Å². The van der Waals surface area contributed by atoms with Gasteiger partial charge >= 0.3 is 11.7 Å². The van der Waals surface area contributed by atoms with Crippen molar-refractivity contribution in [2.24, 2.45) is 0 Å². The molecule has 0 radical (unpaired) electrons. The van der Waals surface area contributed by atoms with E-state index in [-0.39, 0.29) is 6.54 Å². The zero-order valence-electron chi connectivity index (χ0n) is 12.5. The number of carbonyl (C=O) groups excluding carboxylic acids is 2. The molecule has 0 spiro atoms. The number of H-pyrrole nitrogens is 1. The van der Waals surface area contributed by atoms with E-state index in [0.29, 0.717) is 5.56 Å². The standard InChI is InChI=1S/C15H14FN3O5/c16-11-4-2-1-3-10(11)7-17-13(21)9-24-14(22)8-19-6-5-12(20)18-15(19)23/h1-6H,7-9H2,(H,17,21)(H,18,20,23). The summed E-state index contributed by atoms with van der Waals surface area (Å²) in [5.74, 6) is -1.89. The molecule has 1 aromatic heterocycles. The van der Waals surface area contributed by atoms with Gasteiger partial charge in [-0.15, -0.1) is 0 Å². The van der Waals surface area contributed by atoms with Gasteiger partial charge in [0.05, 0.1) is 0 Å². The number of nitrogens with one attached hydrogen (secondary N) is 2. The van der Waals surface area contributed by atoms with E-state index in [1.54, 1.807) is 6.07 Å². The molecular weight excluding hydrogens is 321 g/mol. The number of nitrogens with zero attached hydrogens (tertiary/aromatic N) is 1. The first-order valence-corrected chi connectivity index (χ1v) is 6.91. The lowest BCUT2D eigenvalue weighted by atomic mass is 10.2. The summed E-state index contributed by atoms with van der Waals surface area (Å²) in [5.41, 5.74) is -1.04. The van der Waals surface area contributed by atoms with Crippen molar-refractivity contribution in [2.75, 3.05) is 6.61 Å². The topological polar surface area (TPSA) is 110 Å². The number of hydrogen-bond donors (Lipinski definition) is 2. The van der Waals surface area contributed by atoms with Crippen molar-refractivity contribution in [3.05, 3.63) is 68.7 Å². The van der Waals surface area contributed by atoms with E-state index in [4.69, 9.17) is 4.74 Å². The highest BCUT2D eigenvalue weighted by atomic mass is 19.1. The largest absolute Gasteiger partial charge is 0.454 e. The summed E-state index contributed by atoms with van der Waals surface area (Å²) < 4.78 is 19.0.